The number of amides is 1. The molecule has 0 aliphatic carbocycles. The molecule has 0 bridgehead atoms. The van der Waals surface area contributed by atoms with Crippen molar-refractivity contribution >= 4 is 12.2 Å². The van der Waals surface area contributed by atoms with Crippen LogP contribution < -0.4 is 15.8 Å². The number of rotatable bonds is 7. The smallest absolute Gasteiger partial charge is 0.417 e. The molecule has 0 saturated heterocycles. The fourth-order valence-corrected chi connectivity index (χ4v) is 2.54. The van der Waals surface area contributed by atoms with Crippen molar-refractivity contribution in [2.75, 3.05) is 6.54 Å². The lowest BCUT2D eigenvalue weighted by Crippen LogP contribution is -2.41. The van der Waals surface area contributed by atoms with E-state index in [9.17, 15) is 22.8 Å². The van der Waals surface area contributed by atoms with E-state index in [4.69, 9.17) is 10.5 Å². The third-order valence-corrected chi connectivity index (χ3v) is 4.15. The van der Waals surface area contributed by atoms with E-state index < -0.39 is 23.7 Å². The molecule has 0 unspecified atom stereocenters. The molecule has 160 valence electrons. The van der Waals surface area contributed by atoms with Crippen molar-refractivity contribution in [2.45, 2.75) is 12.2 Å². The number of ether oxygens (including phenoxy) is 1. The number of aldehydes is 1. The zero-order chi connectivity index (χ0) is 22.4. The molecule has 2 aromatic heterocycles. The molecular formula is C21H17F3N4O3. The zero-order valence-electron chi connectivity index (χ0n) is 16.0. The first-order valence-corrected chi connectivity index (χ1v) is 9.05. The quantitative estimate of drug-likeness (QED) is 0.558. The minimum atomic E-state index is -4.47. The van der Waals surface area contributed by atoms with Gasteiger partial charge in [0.25, 0.3) is 5.91 Å². The number of hydrogen-bond acceptors (Lipinski definition) is 6. The van der Waals surface area contributed by atoms with Crippen molar-refractivity contribution in [3.8, 4) is 22.9 Å². The highest BCUT2D eigenvalue weighted by atomic mass is 19.4. The number of nitrogens with two attached hydrogens (primary N) is 1. The van der Waals surface area contributed by atoms with Crippen molar-refractivity contribution in [1.29, 1.82) is 0 Å². The molecule has 2 heterocycles. The SMILES string of the molecule is NC[C@@H](C=O)NC(=O)c1cccc(-c2ccc(Oc3ccc(C(F)(F)F)cn3)cc2)n1. The standard InChI is InChI=1S/C21H17F3N4O3/c22-21(23,24)14-6-9-19(26-11-14)31-16-7-4-13(5-8-16)17-2-1-3-18(28-17)20(30)27-15(10-25)12-29/h1-9,11-12,15H,10,25H2,(H,27,30)/t15-/m0/s1. The van der Waals surface area contributed by atoms with E-state index in [0.29, 0.717) is 29.5 Å². The Hall–Kier alpha value is -3.79. The first-order valence-electron chi connectivity index (χ1n) is 9.05. The van der Waals surface area contributed by atoms with Crippen LogP contribution in [0.25, 0.3) is 11.3 Å². The Morgan fingerprint density at radius 3 is 2.45 bits per heavy atom. The van der Waals surface area contributed by atoms with E-state index in [1.807, 2.05) is 0 Å². The average molecular weight is 430 g/mol. The van der Waals surface area contributed by atoms with Crippen molar-refractivity contribution in [3.63, 3.8) is 0 Å². The van der Waals surface area contributed by atoms with Crippen LogP contribution in [0.5, 0.6) is 11.6 Å². The van der Waals surface area contributed by atoms with Gasteiger partial charge in [0.05, 0.1) is 17.3 Å². The fraction of sp³-hybridized carbons (Fsp3) is 0.143. The number of hydrogen-bond donors (Lipinski definition) is 2. The number of benzene rings is 1. The third kappa shape index (κ3) is 5.64. The summed E-state index contributed by atoms with van der Waals surface area (Å²) in [5, 5.41) is 2.47. The number of halogens is 3. The second-order valence-electron chi connectivity index (χ2n) is 6.37. The van der Waals surface area contributed by atoms with Crippen LogP contribution in [-0.2, 0) is 11.0 Å². The number of nitrogens with zero attached hydrogens (tertiary/aromatic N) is 2. The molecule has 1 aromatic carbocycles. The largest absolute Gasteiger partial charge is 0.439 e. The van der Waals surface area contributed by atoms with E-state index in [2.05, 4.69) is 15.3 Å². The molecule has 0 fully saturated rings. The van der Waals surface area contributed by atoms with Crippen LogP contribution in [0.15, 0.2) is 60.8 Å². The van der Waals surface area contributed by atoms with Gasteiger partial charge in [0, 0.05) is 24.4 Å². The Balaban J connectivity index is 1.71. The van der Waals surface area contributed by atoms with E-state index in [0.717, 1.165) is 12.1 Å². The Labute approximate surface area is 175 Å². The predicted octanol–water partition coefficient (Wildman–Crippen LogP) is 3.21. The van der Waals surface area contributed by atoms with E-state index >= 15 is 0 Å². The predicted molar refractivity (Wildman–Crippen MR) is 105 cm³/mol. The Bertz CT molecular complexity index is 1050. The van der Waals surface area contributed by atoms with Gasteiger partial charge in [0.15, 0.2) is 0 Å². The Kier molecular flexibility index (Phi) is 6.61. The molecule has 0 aliphatic heterocycles. The summed E-state index contributed by atoms with van der Waals surface area (Å²) in [6, 6.07) is 12.6. The molecule has 7 nitrogen and oxygen atoms in total. The molecule has 0 aliphatic rings. The molecule has 3 aromatic rings. The second-order valence-corrected chi connectivity index (χ2v) is 6.37. The molecule has 0 saturated carbocycles. The summed E-state index contributed by atoms with van der Waals surface area (Å²) in [6.07, 6.45) is -3.22. The van der Waals surface area contributed by atoms with Crippen molar-refractivity contribution in [3.05, 3.63) is 72.1 Å². The van der Waals surface area contributed by atoms with E-state index in [1.165, 1.54) is 6.07 Å². The normalized spacial score (nSPS) is 12.1. The van der Waals surface area contributed by atoms with Crippen molar-refractivity contribution < 1.29 is 27.5 Å². The molecular weight excluding hydrogens is 413 g/mol. The Morgan fingerprint density at radius 1 is 1.13 bits per heavy atom. The van der Waals surface area contributed by atoms with Crippen molar-refractivity contribution in [1.82, 2.24) is 15.3 Å². The Morgan fingerprint density at radius 2 is 1.87 bits per heavy atom. The molecule has 3 rings (SSSR count). The maximum Gasteiger partial charge on any atom is 0.417 e. The molecule has 10 heteroatoms. The van der Waals surface area contributed by atoms with Crippen molar-refractivity contribution in [2.24, 2.45) is 5.73 Å². The summed E-state index contributed by atoms with van der Waals surface area (Å²) in [4.78, 5) is 31.0. The highest BCUT2D eigenvalue weighted by Crippen LogP contribution is 2.30. The van der Waals surface area contributed by atoms with Gasteiger partial charge < -0.3 is 20.6 Å². The minimum absolute atomic E-state index is 0.0159. The number of nitrogens with one attached hydrogen (secondary N) is 1. The summed E-state index contributed by atoms with van der Waals surface area (Å²) in [6.45, 7) is -0.0236. The molecule has 1 atom stereocenters. The van der Waals surface area contributed by atoms with Gasteiger partial charge in [-0.1, -0.05) is 6.07 Å². The van der Waals surface area contributed by atoms with E-state index in [1.54, 1.807) is 36.4 Å². The number of carbonyl (C=O) groups is 2. The molecule has 0 spiro atoms. The lowest BCUT2D eigenvalue weighted by molar-refractivity contribution is -0.137. The average Bonchev–Trinajstić information content (AvgIpc) is 2.77. The summed E-state index contributed by atoms with van der Waals surface area (Å²) < 4.78 is 43.2. The molecule has 1 amide bonds. The van der Waals surface area contributed by atoms with Crippen LogP contribution in [0.4, 0.5) is 13.2 Å². The van der Waals surface area contributed by atoms with Gasteiger partial charge in [-0.05, 0) is 42.5 Å². The number of aromatic nitrogens is 2. The highest BCUT2D eigenvalue weighted by Gasteiger charge is 2.30. The van der Waals surface area contributed by atoms with Crippen LogP contribution in [0.1, 0.15) is 16.1 Å². The van der Waals surface area contributed by atoms with Crippen LogP contribution >= 0.6 is 0 Å². The maximum atomic E-state index is 12.6. The third-order valence-electron chi connectivity index (χ3n) is 4.15. The van der Waals surface area contributed by atoms with Crippen LogP contribution in [0.3, 0.4) is 0 Å². The van der Waals surface area contributed by atoms with Gasteiger partial charge >= 0.3 is 6.18 Å². The lowest BCUT2D eigenvalue weighted by atomic mass is 10.1. The highest BCUT2D eigenvalue weighted by molar-refractivity contribution is 5.94. The minimum Gasteiger partial charge on any atom is -0.439 e. The first kappa shape index (κ1) is 21.9. The molecule has 3 N–H and O–H groups in total. The zero-order valence-corrected chi connectivity index (χ0v) is 16.0. The van der Waals surface area contributed by atoms with Crippen LogP contribution in [0, 0.1) is 0 Å². The molecule has 31 heavy (non-hydrogen) atoms. The second kappa shape index (κ2) is 9.35. The summed E-state index contributed by atoms with van der Waals surface area (Å²) in [5.41, 5.74) is 5.82. The number of alkyl halides is 3. The van der Waals surface area contributed by atoms with Crippen LogP contribution in [-0.4, -0.2) is 34.7 Å². The first-order chi connectivity index (χ1) is 14.8. The number of carbonyl (C=O) groups excluding carboxylic acids is 2. The van der Waals surface area contributed by atoms with Crippen LogP contribution in [0.2, 0.25) is 0 Å². The number of pyridine rings is 2. The van der Waals surface area contributed by atoms with E-state index in [-0.39, 0.29) is 18.1 Å². The maximum absolute atomic E-state index is 12.6. The summed E-state index contributed by atoms with van der Waals surface area (Å²) >= 11 is 0. The monoisotopic (exact) mass is 430 g/mol. The topological polar surface area (TPSA) is 107 Å². The summed E-state index contributed by atoms with van der Waals surface area (Å²) in [5.74, 6) is -0.151. The molecule has 0 radical (unpaired) electrons. The fourth-order valence-electron chi connectivity index (χ4n) is 2.54. The van der Waals surface area contributed by atoms with Gasteiger partial charge in [-0.2, -0.15) is 13.2 Å². The van der Waals surface area contributed by atoms with Gasteiger partial charge in [0.2, 0.25) is 5.88 Å². The van der Waals surface area contributed by atoms with Gasteiger partial charge in [-0.15, -0.1) is 0 Å². The summed E-state index contributed by atoms with van der Waals surface area (Å²) in [7, 11) is 0. The van der Waals surface area contributed by atoms with Gasteiger partial charge in [0.1, 0.15) is 17.7 Å². The lowest BCUT2D eigenvalue weighted by Gasteiger charge is -2.11. The van der Waals surface area contributed by atoms with Gasteiger partial charge in [-0.25, -0.2) is 9.97 Å². The van der Waals surface area contributed by atoms with Gasteiger partial charge in [-0.3, -0.25) is 4.79 Å².